The summed E-state index contributed by atoms with van der Waals surface area (Å²) in [6.45, 7) is 6.88. The maximum Gasteiger partial charge on any atom is 0.306 e. The van der Waals surface area contributed by atoms with E-state index in [1.54, 1.807) is 0 Å². The second-order valence-corrected chi connectivity index (χ2v) is 8.88. The highest BCUT2D eigenvalue weighted by atomic mass is 16.6. The van der Waals surface area contributed by atoms with Gasteiger partial charge in [0.1, 0.15) is 13.2 Å². The Kier molecular flexibility index (Phi) is 16.4. The highest BCUT2D eigenvalue weighted by Gasteiger charge is 2.32. The molecule has 0 radical (unpaired) electrons. The van der Waals surface area contributed by atoms with Crippen molar-refractivity contribution in [3.05, 3.63) is 12.7 Å². The minimum atomic E-state index is -0.773. The van der Waals surface area contributed by atoms with Crippen molar-refractivity contribution >= 4 is 17.9 Å². The predicted octanol–water partition coefficient (Wildman–Crippen LogP) is 5.44. The molecule has 3 unspecified atom stereocenters. The lowest BCUT2D eigenvalue weighted by Gasteiger charge is -2.17. The number of unbranched alkanes of at least 4 members (excludes halogenated alkanes) is 9. The molecule has 0 saturated carbocycles. The van der Waals surface area contributed by atoms with Gasteiger partial charge in [-0.3, -0.25) is 14.4 Å². The highest BCUT2D eigenvalue weighted by molar-refractivity contribution is 5.70. The molecule has 1 rings (SSSR count). The third-order valence-electron chi connectivity index (χ3n) is 5.70. The van der Waals surface area contributed by atoms with Crippen LogP contribution in [0, 0.1) is 0 Å². The number of carbonyl (C=O) groups is 3. The molecule has 0 aliphatic carbocycles. The third-order valence-corrected chi connectivity index (χ3v) is 5.70. The van der Waals surface area contributed by atoms with Gasteiger partial charge in [0.2, 0.25) is 0 Å². The molecular weight excluding hydrogens is 424 g/mol. The van der Waals surface area contributed by atoms with Gasteiger partial charge in [0, 0.05) is 19.8 Å². The topological polar surface area (TPSA) is 91.4 Å². The van der Waals surface area contributed by atoms with E-state index in [9.17, 15) is 14.4 Å². The SMILES string of the molecule is C=CCCCCCCCC(=O)OCC(COC(C)=O)OC(=O)CCCCCCCC1OC1C. The van der Waals surface area contributed by atoms with Gasteiger partial charge in [-0.1, -0.05) is 51.0 Å². The van der Waals surface area contributed by atoms with E-state index in [1.165, 1.54) is 6.92 Å². The summed E-state index contributed by atoms with van der Waals surface area (Å²) in [5.74, 6) is -1.15. The molecule has 0 aromatic heterocycles. The van der Waals surface area contributed by atoms with Crippen LogP contribution < -0.4 is 0 Å². The zero-order valence-electron chi connectivity index (χ0n) is 20.7. The van der Waals surface area contributed by atoms with Gasteiger partial charge in [0.25, 0.3) is 0 Å². The molecule has 0 spiro atoms. The lowest BCUT2D eigenvalue weighted by atomic mass is 10.1. The standard InChI is InChI=1S/C26H44O7/c1-4-5-6-7-8-11-14-17-25(28)31-20-23(19-30-22(3)27)33-26(29)18-15-12-9-10-13-16-24-21(2)32-24/h4,21,23-24H,1,5-20H2,2-3H3. The third kappa shape index (κ3) is 17.3. The molecule has 190 valence electrons. The Hall–Kier alpha value is -1.89. The Morgan fingerprint density at radius 1 is 0.848 bits per heavy atom. The van der Waals surface area contributed by atoms with Crippen molar-refractivity contribution < 1.29 is 33.3 Å². The molecule has 1 saturated heterocycles. The zero-order valence-corrected chi connectivity index (χ0v) is 20.7. The van der Waals surface area contributed by atoms with Crippen molar-refractivity contribution in [2.45, 2.75) is 122 Å². The molecule has 1 aliphatic heterocycles. The van der Waals surface area contributed by atoms with Crippen LogP contribution >= 0.6 is 0 Å². The fourth-order valence-electron chi connectivity index (χ4n) is 3.60. The van der Waals surface area contributed by atoms with E-state index in [4.69, 9.17) is 18.9 Å². The number of epoxide rings is 1. The smallest absolute Gasteiger partial charge is 0.306 e. The molecular formula is C26H44O7. The van der Waals surface area contributed by atoms with Crippen LogP contribution in [0.25, 0.3) is 0 Å². The average Bonchev–Trinajstić information content (AvgIpc) is 3.48. The number of hydrogen-bond donors (Lipinski definition) is 0. The van der Waals surface area contributed by atoms with Crippen LogP contribution in [0.1, 0.15) is 104 Å². The van der Waals surface area contributed by atoms with Crippen molar-refractivity contribution in [2.75, 3.05) is 13.2 Å². The minimum absolute atomic E-state index is 0.0984. The Morgan fingerprint density at radius 3 is 2.00 bits per heavy atom. The summed E-state index contributed by atoms with van der Waals surface area (Å²) in [5, 5.41) is 0. The summed E-state index contributed by atoms with van der Waals surface area (Å²) in [6, 6.07) is 0. The van der Waals surface area contributed by atoms with E-state index in [0.717, 1.165) is 77.0 Å². The van der Waals surface area contributed by atoms with Crippen LogP contribution in [0.5, 0.6) is 0 Å². The first-order valence-corrected chi connectivity index (χ1v) is 12.7. The van der Waals surface area contributed by atoms with E-state index in [1.807, 2.05) is 6.08 Å². The molecule has 1 fully saturated rings. The molecule has 0 aromatic carbocycles. The van der Waals surface area contributed by atoms with Gasteiger partial charge in [0.05, 0.1) is 12.2 Å². The summed E-state index contributed by atoms with van der Waals surface area (Å²) in [5.41, 5.74) is 0. The van der Waals surface area contributed by atoms with E-state index in [-0.39, 0.29) is 25.2 Å². The number of esters is 3. The van der Waals surface area contributed by atoms with Gasteiger partial charge in [-0.15, -0.1) is 6.58 Å². The number of carbonyl (C=O) groups excluding carboxylic acids is 3. The van der Waals surface area contributed by atoms with Gasteiger partial charge in [0.15, 0.2) is 6.10 Å². The molecule has 1 heterocycles. The van der Waals surface area contributed by atoms with Gasteiger partial charge >= 0.3 is 17.9 Å². The first-order valence-electron chi connectivity index (χ1n) is 12.7. The highest BCUT2D eigenvalue weighted by Crippen LogP contribution is 2.26. The van der Waals surface area contributed by atoms with Gasteiger partial charge in [-0.05, 0) is 39.0 Å². The summed E-state index contributed by atoms with van der Waals surface area (Å²) in [4.78, 5) is 35.3. The zero-order chi connectivity index (χ0) is 24.3. The molecule has 3 atom stereocenters. The van der Waals surface area contributed by atoms with Crippen molar-refractivity contribution in [2.24, 2.45) is 0 Å². The fraction of sp³-hybridized carbons (Fsp3) is 0.808. The normalized spacial score (nSPS) is 17.8. The number of hydrogen-bond acceptors (Lipinski definition) is 7. The van der Waals surface area contributed by atoms with Gasteiger partial charge in [-0.2, -0.15) is 0 Å². The van der Waals surface area contributed by atoms with Crippen LogP contribution in [-0.4, -0.2) is 49.4 Å². The van der Waals surface area contributed by atoms with Crippen LogP contribution in [0.2, 0.25) is 0 Å². The molecule has 0 amide bonds. The number of rotatable bonds is 21. The predicted molar refractivity (Wildman–Crippen MR) is 127 cm³/mol. The minimum Gasteiger partial charge on any atom is -0.462 e. The van der Waals surface area contributed by atoms with Crippen LogP contribution in [0.15, 0.2) is 12.7 Å². The molecule has 33 heavy (non-hydrogen) atoms. The first kappa shape index (κ1) is 29.1. The Bertz CT molecular complexity index is 575. The summed E-state index contributed by atoms with van der Waals surface area (Å²) in [7, 11) is 0. The second-order valence-electron chi connectivity index (χ2n) is 8.88. The Labute approximate surface area is 199 Å². The second kappa shape index (κ2) is 18.5. The molecule has 7 nitrogen and oxygen atoms in total. The van der Waals surface area contributed by atoms with Crippen molar-refractivity contribution in [1.29, 1.82) is 0 Å². The number of ether oxygens (including phenoxy) is 4. The maximum atomic E-state index is 12.2. The van der Waals surface area contributed by atoms with Crippen LogP contribution in [0.3, 0.4) is 0 Å². The lowest BCUT2D eigenvalue weighted by molar-refractivity contribution is -0.166. The summed E-state index contributed by atoms with van der Waals surface area (Å²) in [6.07, 6.45) is 15.0. The first-order chi connectivity index (χ1) is 15.9. The molecule has 0 N–H and O–H groups in total. The molecule has 0 aromatic rings. The van der Waals surface area contributed by atoms with Crippen molar-refractivity contribution in [3.63, 3.8) is 0 Å². The van der Waals surface area contributed by atoms with Crippen molar-refractivity contribution in [1.82, 2.24) is 0 Å². The summed E-state index contributed by atoms with van der Waals surface area (Å²) < 4.78 is 21.0. The van der Waals surface area contributed by atoms with Crippen LogP contribution in [-0.2, 0) is 33.3 Å². The molecule has 0 bridgehead atoms. The van der Waals surface area contributed by atoms with Crippen molar-refractivity contribution in [3.8, 4) is 0 Å². The monoisotopic (exact) mass is 468 g/mol. The Balaban J connectivity index is 2.14. The lowest BCUT2D eigenvalue weighted by Crippen LogP contribution is -2.30. The van der Waals surface area contributed by atoms with Crippen LogP contribution in [0.4, 0.5) is 0 Å². The molecule has 1 aliphatic rings. The maximum absolute atomic E-state index is 12.2. The Morgan fingerprint density at radius 2 is 1.39 bits per heavy atom. The van der Waals surface area contributed by atoms with Gasteiger partial charge in [-0.25, -0.2) is 0 Å². The molecule has 7 heteroatoms. The van der Waals surface area contributed by atoms with E-state index in [0.29, 0.717) is 25.0 Å². The fourth-order valence-corrected chi connectivity index (χ4v) is 3.60. The largest absolute Gasteiger partial charge is 0.462 e. The van der Waals surface area contributed by atoms with E-state index >= 15 is 0 Å². The number of allylic oxidation sites excluding steroid dienone is 1. The van der Waals surface area contributed by atoms with E-state index < -0.39 is 12.1 Å². The quantitative estimate of drug-likeness (QED) is 0.0728. The average molecular weight is 469 g/mol. The van der Waals surface area contributed by atoms with Gasteiger partial charge < -0.3 is 18.9 Å². The summed E-state index contributed by atoms with van der Waals surface area (Å²) >= 11 is 0. The van der Waals surface area contributed by atoms with E-state index in [2.05, 4.69) is 13.5 Å².